The maximum Gasteiger partial charge on any atom is 0.224 e. The number of hydrogen-bond donors (Lipinski definition) is 2. The first-order valence-corrected chi connectivity index (χ1v) is 10.3. The molecule has 0 bridgehead atoms. The maximum atomic E-state index is 13.4. The van der Waals surface area contributed by atoms with Crippen molar-refractivity contribution in [2.24, 2.45) is 5.73 Å². The predicted octanol–water partition coefficient (Wildman–Crippen LogP) is 4.59. The molecule has 4 rings (SSSR count). The van der Waals surface area contributed by atoms with E-state index in [2.05, 4.69) is 23.4 Å². The molecule has 2 aromatic heterocycles. The first-order valence-electron chi connectivity index (χ1n) is 10.3. The van der Waals surface area contributed by atoms with Crippen LogP contribution in [0.1, 0.15) is 45.4 Å². The molecule has 1 fully saturated rings. The fourth-order valence-electron chi connectivity index (χ4n) is 3.61. The molecule has 0 aliphatic heterocycles. The normalized spacial score (nSPS) is 16.9. The molecular formula is C22H27FN6. The summed E-state index contributed by atoms with van der Waals surface area (Å²) in [5, 5.41) is 8.93. The third-order valence-electron chi connectivity index (χ3n) is 5.36. The van der Waals surface area contributed by atoms with E-state index in [4.69, 9.17) is 15.8 Å². The molecule has 1 aliphatic carbocycles. The molecule has 0 atom stereocenters. The Kier molecular flexibility index (Phi) is 5.85. The average molecular weight is 394 g/mol. The van der Waals surface area contributed by atoms with Crippen LogP contribution in [0.5, 0.6) is 0 Å². The first-order chi connectivity index (χ1) is 14.1. The van der Waals surface area contributed by atoms with Crippen molar-refractivity contribution in [2.45, 2.75) is 51.5 Å². The molecule has 2 heterocycles. The summed E-state index contributed by atoms with van der Waals surface area (Å²) in [6.07, 6.45) is 9.98. The Bertz CT molecular complexity index is 998. The van der Waals surface area contributed by atoms with E-state index < -0.39 is 0 Å². The summed E-state index contributed by atoms with van der Waals surface area (Å²) in [4.78, 5) is 9.19. The minimum atomic E-state index is -0.267. The van der Waals surface area contributed by atoms with E-state index in [-0.39, 0.29) is 11.9 Å². The SMILES string of the molecule is CCCCNc1ncc2c(-c3ccc(F)cc3)nn(C=C3CCC(N)CC3)c2n1. The van der Waals surface area contributed by atoms with Crippen LogP contribution in [0.15, 0.2) is 36.0 Å². The highest BCUT2D eigenvalue weighted by atomic mass is 19.1. The number of nitrogens with one attached hydrogen (secondary N) is 1. The van der Waals surface area contributed by atoms with E-state index in [1.807, 2.05) is 4.68 Å². The van der Waals surface area contributed by atoms with E-state index in [1.54, 1.807) is 18.3 Å². The van der Waals surface area contributed by atoms with Crippen molar-refractivity contribution in [1.29, 1.82) is 0 Å². The summed E-state index contributed by atoms with van der Waals surface area (Å²) in [6, 6.07) is 6.65. The summed E-state index contributed by atoms with van der Waals surface area (Å²) in [6.45, 7) is 2.98. The zero-order valence-corrected chi connectivity index (χ0v) is 16.7. The lowest BCUT2D eigenvalue weighted by Gasteiger charge is -2.19. The molecule has 0 unspecified atom stereocenters. The predicted molar refractivity (Wildman–Crippen MR) is 115 cm³/mol. The third-order valence-corrected chi connectivity index (χ3v) is 5.36. The maximum absolute atomic E-state index is 13.4. The minimum absolute atomic E-state index is 0.267. The fourth-order valence-corrected chi connectivity index (χ4v) is 3.61. The van der Waals surface area contributed by atoms with Gasteiger partial charge in [0.25, 0.3) is 0 Å². The van der Waals surface area contributed by atoms with E-state index in [0.717, 1.165) is 67.4 Å². The summed E-state index contributed by atoms with van der Waals surface area (Å²) in [7, 11) is 0. The Balaban J connectivity index is 1.75. The Morgan fingerprint density at radius 2 is 2.00 bits per heavy atom. The number of fused-ring (bicyclic) bond motifs is 1. The molecule has 1 saturated carbocycles. The van der Waals surface area contributed by atoms with Gasteiger partial charge in [-0.15, -0.1) is 0 Å². The van der Waals surface area contributed by atoms with Gasteiger partial charge in [-0.3, -0.25) is 0 Å². The zero-order valence-electron chi connectivity index (χ0n) is 16.7. The van der Waals surface area contributed by atoms with Crippen molar-refractivity contribution >= 4 is 23.2 Å². The molecule has 0 saturated heterocycles. The molecule has 0 radical (unpaired) electrons. The zero-order chi connectivity index (χ0) is 20.2. The Labute approximate surface area is 170 Å². The second-order valence-electron chi connectivity index (χ2n) is 7.64. The van der Waals surface area contributed by atoms with Gasteiger partial charge in [0.2, 0.25) is 5.95 Å². The van der Waals surface area contributed by atoms with Gasteiger partial charge in [-0.25, -0.2) is 14.1 Å². The Morgan fingerprint density at radius 1 is 1.24 bits per heavy atom. The van der Waals surface area contributed by atoms with E-state index in [0.29, 0.717) is 5.95 Å². The topological polar surface area (TPSA) is 81.7 Å². The standard InChI is InChI=1S/C22H27FN6/c1-2-3-12-25-22-26-13-19-20(16-6-8-17(23)9-7-16)28-29(21(19)27-22)14-15-4-10-18(24)11-5-15/h6-9,13-14,18H,2-5,10-12,24H2,1H3,(H,25,26,27). The van der Waals surface area contributed by atoms with Crippen LogP contribution in [-0.4, -0.2) is 32.3 Å². The number of unbranched alkanes of at least 4 members (excludes halogenated alkanes) is 1. The van der Waals surface area contributed by atoms with Crippen LogP contribution in [0.3, 0.4) is 0 Å². The number of anilines is 1. The van der Waals surface area contributed by atoms with Gasteiger partial charge >= 0.3 is 0 Å². The molecule has 7 heteroatoms. The molecule has 0 spiro atoms. The van der Waals surface area contributed by atoms with E-state index in [9.17, 15) is 4.39 Å². The third kappa shape index (κ3) is 4.45. The van der Waals surface area contributed by atoms with Gasteiger partial charge in [-0.2, -0.15) is 10.1 Å². The van der Waals surface area contributed by atoms with Gasteiger partial charge in [-0.1, -0.05) is 18.9 Å². The number of nitrogens with two attached hydrogens (primary N) is 1. The number of allylic oxidation sites excluding steroid dienone is 1. The second-order valence-corrected chi connectivity index (χ2v) is 7.64. The van der Waals surface area contributed by atoms with Crippen molar-refractivity contribution in [2.75, 3.05) is 11.9 Å². The second kappa shape index (κ2) is 8.69. The average Bonchev–Trinajstić information content (AvgIpc) is 3.08. The summed E-state index contributed by atoms with van der Waals surface area (Å²) < 4.78 is 15.2. The Morgan fingerprint density at radius 3 is 2.72 bits per heavy atom. The number of halogens is 1. The van der Waals surface area contributed by atoms with Crippen LogP contribution >= 0.6 is 0 Å². The number of hydrogen-bond acceptors (Lipinski definition) is 5. The highest BCUT2D eigenvalue weighted by Gasteiger charge is 2.17. The molecule has 1 aromatic carbocycles. The van der Waals surface area contributed by atoms with Gasteiger partial charge in [0.15, 0.2) is 5.65 Å². The molecule has 3 aromatic rings. The number of aromatic nitrogens is 4. The quantitative estimate of drug-likeness (QED) is 0.598. The molecule has 152 valence electrons. The summed E-state index contributed by atoms with van der Waals surface area (Å²) in [5.41, 5.74) is 9.71. The van der Waals surface area contributed by atoms with Gasteiger partial charge in [-0.05, 0) is 56.4 Å². The molecular weight excluding hydrogens is 367 g/mol. The van der Waals surface area contributed by atoms with Crippen molar-refractivity contribution < 1.29 is 4.39 Å². The van der Waals surface area contributed by atoms with Crippen LogP contribution in [0.4, 0.5) is 10.3 Å². The number of benzene rings is 1. The van der Waals surface area contributed by atoms with Gasteiger partial charge in [0, 0.05) is 30.5 Å². The summed E-state index contributed by atoms with van der Waals surface area (Å²) >= 11 is 0. The van der Waals surface area contributed by atoms with Gasteiger partial charge < -0.3 is 11.1 Å². The van der Waals surface area contributed by atoms with Crippen LogP contribution < -0.4 is 11.1 Å². The van der Waals surface area contributed by atoms with Crippen LogP contribution in [0.25, 0.3) is 28.5 Å². The lowest BCUT2D eigenvalue weighted by atomic mass is 9.92. The molecule has 6 nitrogen and oxygen atoms in total. The van der Waals surface area contributed by atoms with E-state index >= 15 is 0 Å². The number of rotatable bonds is 6. The lowest BCUT2D eigenvalue weighted by molar-refractivity contribution is 0.512. The monoisotopic (exact) mass is 394 g/mol. The van der Waals surface area contributed by atoms with Crippen molar-refractivity contribution in [1.82, 2.24) is 19.7 Å². The van der Waals surface area contributed by atoms with Crippen molar-refractivity contribution in [3.05, 3.63) is 41.9 Å². The smallest absolute Gasteiger partial charge is 0.224 e. The molecule has 3 N–H and O–H groups in total. The molecule has 0 amide bonds. The highest BCUT2D eigenvalue weighted by molar-refractivity contribution is 5.92. The largest absolute Gasteiger partial charge is 0.354 e. The minimum Gasteiger partial charge on any atom is -0.354 e. The summed E-state index contributed by atoms with van der Waals surface area (Å²) in [5.74, 6) is 0.332. The fraction of sp³-hybridized carbons (Fsp3) is 0.409. The Hall–Kier alpha value is -2.80. The molecule has 1 aliphatic rings. The highest BCUT2D eigenvalue weighted by Crippen LogP contribution is 2.29. The van der Waals surface area contributed by atoms with Gasteiger partial charge in [0.05, 0.1) is 5.39 Å². The lowest BCUT2D eigenvalue weighted by Crippen LogP contribution is -2.23. The molecule has 29 heavy (non-hydrogen) atoms. The van der Waals surface area contributed by atoms with E-state index in [1.165, 1.54) is 17.7 Å². The van der Waals surface area contributed by atoms with Crippen LogP contribution in [0.2, 0.25) is 0 Å². The van der Waals surface area contributed by atoms with Crippen LogP contribution in [0, 0.1) is 5.82 Å². The van der Waals surface area contributed by atoms with Gasteiger partial charge in [0.1, 0.15) is 11.5 Å². The first kappa shape index (κ1) is 19.5. The van der Waals surface area contributed by atoms with Crippen LogP contribution in [-0.2, 0) is 0 Å². The van der Waals surface area contributed by atoms with Crippen molar-refractivity contribution in [3.8, 4) is 11.3 Å². The number of nitrogens with zero attached hydrogens (tertiary/aromatic N) is 4. The van der Waals surface area contributed by atoms with Crippen molar-refractivity contribution in [3.63, 3.8) is 0 Å².